The number of carbonyl (C=O) groups excluding carboxylic acids is 2. The lowest BCUT2D eigenvalue weighted by Crippen LogP contribution is -2.66. The molecule has 32 heavy (non-hydrogen) atoms. The van der Waals surface area contributed by atoms with Gasteiger partial charge in [0.2, 0.25) is 18.0 Å². The van der Waals surface area contributed by atoms with Crippen molar-refractivity contribution in [3.05, 3.63) is 41.9 Å². The fourth-order valence-corrected chi connectivity index (χ4v) is 4.74. The van der Waals surface area contributed by atoms with Crippen molar-refractivity contribution in [3.8, 4) is 5.75 Å². The second-order valence-electron chi connectivity index (χ2n) is 9.69. The molecular weight excluding hydrogens is 430 g/mol. The SMILES string of the molecule is CC(C)(C)[C@@H](NC(=O)C1(N2CCC2=O)CCCC1)[C@@H](Oc1ccc(Cl)cc1)n1cncn1. The highest BCUT2D eigenvalue weighted by atomic mass is 35.5. The fraction of sp³-hybridized carbons (Fsp3) is 0.565. The van der Waals surface area contributed by atoms with Gasteiger partial charge in [0.05, 0.1) is 6.04 Å². The molecule has 0 radical (unpaired) electrons. The van der Waals surface area contributed by atoms with Crippen molar-refractivity contribution >= 4 is 23.4 Å². The quantitative estimate of drug-likeness (QED) is 0.639. The van der Waals surface area contributed by atoms with Gasteiger partial charge < -0.3 is 15.0 Å². The predicted octanol–water partition coefficient (Wildman–Crippen LogP) is 3.59. The van der Waals surface area contributed by atoms with Crippen LogP contribution in [0.4, 0.5) is 0 Å². The Balaban J connectivity index is 1.65. The number of ether oxygens (including phenoxy) is 1. The molecule has 1 saturated heterocycles. The summed E-state index contributed by atoms with van der Waals surface area (Å²) in [5.74, 6) is 0.541. The van der Waals surface area contributed by atoms with Crippen LogP contribution < -0.4 is 10.1 Å². The van der Waals surface area contributed by atoms with Crippen molar-refractivity contribution in [1.29, 1.82) is 0 Å². The fourth-order valence-electron chi connectivity index (χ4n) is 4.61. The van der Waals surface area contributed by atoms with Crippen molar-refractivity contribution in [2.75, 3.05) is 6.54 Å². The van der Waals surface area contributed by atoms with Crippen LogP contribution >= 0.6 is 11.6 Å². The third kappa shape index (κ3) is 4.33. The molecule has 1 aromatic heterocycles. The lowest BCUT2D eigenvalue weighted by Gasteiger charge is -2.47. The molecule has 2 aromatic rings. The molecule has 8 nitrogen and oxygen atoms in total. The van der Waals surface area contributed by atoms with Crippen molar-refractivity contribution in [1.82, 2.24) is 25.0 Å². The molecule has 172 valence electrons. The standard InChI is InChI=1S/C23H30ClN5O3/c1-22(2,3)19(27-21(31)23(11-4-5-12-23)28-13-10-18(28)30)20(29-15-25-14-26-29)32-17-8-6-16(24)7-9-17/h6-9,14-15,19-20H,4-5,10-13H2,1-3H3,(H,27,31)/t19-,20+/m0/s1. The first kappa shape index (κ1) is 22.6. The van der Waals surface area contributed by atoms with Gasteiger partial charge >= 0.3 is 0 Å². The summed E-state index contributed by atoms with van der Waals surface area (Å²) in [6, 6.07) is 6.63. The lowest BCUT2D eigenvalue weighted by molar-refractivity contribution is -0.158. The van der Waals surface area contributed by atoms with Crippen molar-refractivity contribution in [2.24, 2.45) is 5.41 Å². The van der Waals surface area contributed by atoms with E-state index < -0.39 is 17.8 Å². The molecule has 0 bridgehead atoms. The molecule has 1 saturated carbocycles. The minimum Gasteiger partial charge on any atom is -0.466 e. The maximum absolute atomic E-state index is 13.8. The molecule has 2 fully saturated rings. The zero-order chi connectivity index (χ0) is 22.9. The van der Waals surface area contributed by atoms with Crippen molar-refractivity contribution in [2.45, 2.75) is 70.7 Å². The highest BCUT2D eigenvalue weighted by molar-refractivity contribution is 6.30. The van der Waals surface area contributed by atoms with E-state index in [1.165, 1.54) is 6.33 Å². The molecule has 1 aromatic carbocycles. The minimum absolute atomic E-state index is 0.0552. The summed E-state index contributed by atoms with van der Waals surface area (Å²) in [4.78, 5) is 31.9. The molecule has 2 heterocycles. The summed E-state index contributed by atoms with van der Waals surface area (Å²) in [5, 5.41) is 8.17. The third-order valence-electron chi connectivity index (χ3n) is 6.49. The molecule has 0 unspecified atom stereocenters. The first-order valence-electron chi connectivity index (χ1n) is 11.1. The van der Waals surface area contributed by atoms with Crippen LogP contribution in [0.25, 0.3) is 0 Å². The molecule has 2 amide bonds. The monoisotopic (exact) mass is 459 g/mol. The van der Waals surface area contributed by atoms with Crippen LogP contribution in [0.3, 0.4) is 0 Å². The maximum atomic E-state index is 13.8. The van der Waals surface area contributed by atoms with E-state index in [4.69, 9.17) is 16.3 Å². The van der Waals surface area contributed by atoms with E-state index in [1.54, 1.807) is 40.2 Å². The number of hydrogen-bond acceptors (Lipinski definition) is 5. The summed E-state index contributed by atoms with van der Waals surface area (Å²) < 4.78 is 7.94. The van der Waals surface area contributed by atoms with Crippen LogP contribution in [-0.4, -0.2) is 49.6 Å². The van der Waals surface area contributed by atoms with E-state index in [1.807, 2.05) is 20.8 Å². The largest absolute Gasteiger partial charge is 0.466 e. The number of nitrogens with one attached hydrogen (secondary N) is 1. The number of hydrogen-bond donors (Lipinski definition) is 1. The molecule has 9 heteroatoms. The van der Waals surface area contributed by atoms with Gasteiger partial charge in [0.15, 0.2) is 0 Å². The van der Waals surface area contributed by atoms with Gasteiger partial charge in [0, 0.05) is 18.0 Å². The number of carbonyl (C=O) groups is 2. The van der Waals surface area contributed by atoms with E-state index in [-0.39, 0.29) is 17.2 Å². The number of halogens is 1. The van der Waals surface area contributed by atoms with E-state index in [0.29, 0.717) is 36.6 Å². The number of aromatic nitrogens is 3. The van der Waals surface area contributed by atoms with Crippen LogP contribution in [0.1, 0.15) is 59.1 Å². The average Bonchev–Trinajstić information content (AvgIpc) is 3.43. The summed E-state index contributed by atoms with van der Waals surface area (Å²) >= 11 is 6.03. The number of likely N-dealkylation sites (tertiary alicyclic amines) is 1. The number of nitrogens with zero attached hydrogens (tertiary/aromatic N) is 4. The normalized spacial score (nSPS) is 19.9. The summed E-state index contributed by atoms with van der Waals surface area (Å²) in [7, 11) is 0. The summed E-state index contributed by atoms with van der Waals surface area (Å²) in [5.41, 5.74) is -1.15. The van der Waals surface area contributed by atoms with Crippen molar-refractivity contribution < 1.29 is 14.3 Å². The Kier molecular flexibility index (Phi) is 6.16. The molecule has 2 aliphatic rings. The van der Waals surface area contributed by atoms with Crippen molar-refractivity contribution in [3.63, 3.8) is 0 Å². The Labute approximate surface area is 193 Å². The minimum atomic E-state index is -0.772. The van der Waals surface area contributed by atoms with Gasteiger partial charge in [-0.15, -0.1) is 0 Å². The molecule has 0 spiro atoms. The Bertz CT molecular complexity index is 949. The van der Waals surface area contributed by atoms with Gasteiger partial charge in [0.1, 0.15) is 23.9 Å². The Hall–Kier alpha value is -2.61. The van der Waals surface area contributed by atoms with E-state index in [2.05, 4.69) is 15.4 Å². The second-order valence-corrected chi connectivity index (χ2v) is 10.1. The molecular formula is C23H30ClN5O3. The van der Waals surface area contributed by atoms with E-state index in [9.17, 15) is 9.59 Å². The zero-order valence-electron chi connectivity index (χ0n) is 18.8. The van der Waals surface area contributed by atoms with E-state index >= 15 is 0 Å². The van der Waals surface area contributed by atoms with Crippen LogP contribution in [0.2, 0.25) is 5.02 Å². The number of β-lactam (4-membered cyclic amide) rings is 1. The van der Waals surface area contributed by atoms with Crippen LogP contribution in [0, 0.1) is 5.41 Å². The van der Waals surface area contributed by atoms with Gasteiger partial charge in [-0.25, -0.2) is 9.67 Å². The highest BCUT2D eigenvalue weighted by Crippen LogP contribution is 2.40. The Morgan fingerprint density at radius 2 is 1.91 bits per heavy atom. The highest BCUT2D eigenvalue weighted by Gasteiger charge is 2.52. The molecule has 1 aliphatic carbocycles. The first-order chi connectivity index (χ1) is 15.2. The first-order valence-corrected chi connectivity index (χ1v) is 11.5. The molecule has 1 N–H and O–H groups in total. The molecule has 4 rings (SSSR count). The molecule has 2 atom stereocenters. The predicted molar refractivity (Wildman–Crippen MR) is 120 cm³/mol. The average molecular weight is 460 g/mol. The zero-order valence-corrected chi connectivity index (χ0v) is 19.5. The van der Waals surface area contributed by atoms with Crippen LogP contribution in [-0.2, 0) is 9.59 Å². The van der Waals surface area contributed by atoms with Gasteiger partial charge in [0.25, 0.3) is 0 Å². The van der Waals surface area contributed by atoms with Gasteiger partial charge in [-0.05, 0) is 42.5 Å². The number of amides is 2. The third-order valence-corrected chi connectivity index (χ3v) is 6.74. The maximum Gasteiger partial charge on any atom is 0.246 e. The van der Waals surface area contributed by atoms with Gasteiger partial charge in [-0.1, -0.05) is 45.2 Å². The second kappa shape index (κ2) is 8.73. The Morgan fingerprint density at radius 1 is 1.22 bits per heavy atom. The number of benzene rings is 1. The smallest absolute Gasteiger partial charge is 0.246 e. The summed E-state index contributed by atoms with van der Waals surface area (Å²) in [6.45, 7) is 6.77. The van der Waals surface area contributed by atoms with Crippen LogP contribution in [0.15, 0.2) is 36.9 Å². The van der Waals surface area contributed by atoms with E-state index in [0.717, 1.165) is 12.8 Å². The lowest BCUT2D eigenvalue weighted by atomic mass is 9.83. The van der Waals surface area contributed by atoms with Gasteiger partial charge in [-0.3, -0.25) is 9.59 Å². The molecule has 1 aliphatic heterocycles. The summed E-state index contributed by atoms with van der Waals surface area (Å²) in [6.07, 6.45) is 6.14. The Morgan fingerprint density at radius 3 is 2.41 bits per heavy atom. The topological polar surface area (TPSA) is 89.4 Å². The van der Waals surface area contributed by atoms with Crippen LogP contribution in [0.5, 0.6) is 5.75 Å². The van der Waals surface area contributed by atoms with Gasteiger partial charge in [-0.2, -0.15) is 5.10 Å². The number of rotatable bonds is 7.